The van der Waals surface area contributed by atoms with Crippen LogP contribution in [0.3, 0.4) is 0 Å². The molecule has 0 bridgehead atoms. The number of furan rings is 1. The molecular weight excluding hydrogens is 1170 g/mol. The lowest BCUT2D eigenvalue weighted by Crippen LogP contribution is -2.13. The Balaban J connectivity index is 0.754. The molecule has 6 nitrogen and oxygen atoms in total. The predicted octanol–water partition coefficient (Wildman–Crippen LogP) is 25.4. The number of allylic oxidation sites excluding steroid dienone is 4. The number of hydrogen-bond acceptors (Lipinski definition) is 4. The van der Waals surface area contributed by atoms with Crippen LogP contribution in [0.4, 0.5) is 51.2 Å². The van der Waals surface area contributed by atoms with Gasteiger partial charge in [0.2, 0.25) is 0 Å². The van der Waals surface area contributed by atoms with Gasteiger partial charge in [0.1, 0.15) is 5.58 Å². The van der Waals surface area contributed by atoms with Gasteiger partial charge < -0.3 is 28.3 Å². The number of anilines is 9. The van der Waals surface area contributed by atoms with Crippen molar-refractivity contribution in [1.82, 2.24) is 9.13 Å². The summed E-state index contributed by atoms with van der Waals surface area (Å²) in [6, 6.07) is 123. The molecule has 0 radical (unpaired) electrons. The smallest absolute Gasteiger partial charge is 0.161 e. The van der Waals surface area contributed by atoms with Gasteiger partial charge in [-0.1, -0.05) is 194 Å². The van der Waals surface area contributed by atoms with Crippen LogP contribution in [0, 0.1) is 0 Å². The van der Waals surface area contributed by atoms with E-state index in [0.717, 1.165) is 119 Å². The lowest BCUT2D eigenvalue weighted by atomic mass is 9.95. The van der Waals surface area contributed by atoms with Crippen LogP contribution in [0.15, 0.2) is 362 Å². The SMILES string of the molecule is C1=CCCC(n2c3ccc(N(c4ccccc4)c4ccccc4)cc3c3cc(N(c4ccccc4)c4ccc(N(c5ccccc5)c5cccc(-c6cccc(-c7cccc(-c8ccc9c(c8)c8ccccc8n9-c8ccccc8)c7)c6)c5)c5oc6ccccc6c45)ccc32)=C1. The summed E-state index contributed by atoms with van der Waals surface area (Å²) in [5.41, 5.74) is 25.0. The normalized spacial score (nSPS) is 12.3. The first kappa shape index (κ1) is 56.1. The summed E-state index contributed by atoms with van der Waals surface area (Å²) < 4.78 is 12.1. The summed E-state index contributed by atoms with van der Waals surface area (Å²) >= 11 is 0. The Morgan fingerprint density at radius 3 is 1.30 bits per heavy atom. The Bertz CT molecular complexity index is 5810. The second-order valence-corrected chi connectivity index (χ2v) is 24.7. The molecule has 0 N–H and O–H groups in total. The second kappa shape index (κ2) is 23.8. The maximum Gasteiger partial charge on any atom is 0.161 e. The van der Waals surface area contributed by atoms with Gasteiger partial charge in [-0.3, -0.25) is 0 Å². The van der Waals surface area contributed by atoms with E-state index in [2.05, 4.69) is 382 Å². The Kier molecular flexibility index (Phi) is 13.9. The highest BCUT2D eigenvalue weighted by Gasteiger charge is 2.27. The van der Waals surface area contributed by atoms with Crippen molar-refractivity contribution in [2.45, 2.75) is 12.8 Å². The minimum Gasteiger partial charge on any atom is -0.454 e. The third kappa shape index (κ3) is 9.82. The maximum absolute atomic E-state index is 7.27. The first-order valence-electron chi connectivity index (χ1n) is 33.0. The molecule has 1 aliphatic rings. The molecule has 14 aromatic carbocycles. The van der Waals surface area contributed by atoms with Crippen molar-refractivity contribution in [3.05, 3.63) is 358 Å². The molecule has 3 heterocycles. The molecule has 1 aliphatic carbocycles. The summed E-state index contributed by atoms with van der Waals surface area (Å²) in [6.45, 7) is 0. The molecule has 0 amide bonds. The van der Waals surface area contributed by atoms with E-state index < -0.39 is 0 Å². The highest BCUT2D eigenvalue weighted by Crippen LogP contribution is 2.51. The number of aromatic nitrogens is 2. The molecule has 0 aliphatic heterocycles. The third-order valence-electron chi connectivity index (χ3n) is 19.1. The van der Waals surface area contributed by atoms with E-state index in [0.29, 0.717) is 0 Å². The van der Waals surface area contributed by atoms with Crippen molar-refractivity contribution in [3.63, 3.8) is 0 Å². The zero-order valence-electron chi connectivity index (χ0n) is 52.6. The van der Waals surface area contributed by atoms with E-state index >= 15 is 0 Å². The van der Waals surface area contributed by atoms with Crippen LogP contribution >= 0.6 is 0 Å². The van der Waals surface area contributed by atoms with Gasteiger partial charge in [0.05, 0.1) is 38.8 Å². The van der Waals surface area contributed by atoms with Crippen LogP contribution in [0.5, 0.6) is 0 Å². The summed E-state index contributed by atoms with van der Waals surface area (Å²) in [5, 5.41) is 6.87. The Morgan fingerprint density at radius 2 is 0.708 bits per heavy atom. The van der Waals surface area contributed by atoms with Crippen LogP contribution in [0.25, 0.3) is 110 Å². The fourth-order valence-electron chi connectivity index (χ4n) is 14.7. The monoisotopic (exact) mass is 1230 g/mol. The van der Waals surface area contributed by atoms with E-state index in [1.165, 1.54) is 54.9 Å². The predicted molar refractivity (Wildman–Crippen MR) is 404 cm³/mol. The summed E-state index contributed by atoms with van der Waals surface area (Å²) in [5.74, 6) is 0. The van der Waals surface area contributed by atoms with Gasteiger partial charge >= 0.3 is 0 Å². The number of nitrogens with zero attached hydrogens (tertiary/aromatic N) is 5. The van der Waals surface area contributed by atoms with E-state index in [1.807, 2.05) is 0 Å². The zero-order chi connectivity index (χ0) is 63.5. The molecule has 0 saturated carbocycles. The Morgan fingerprint density at radius 1 is 0.281 bits per heavy atom. The number of benzene rings is 14. The Labute approximate surface area is 557 Å². The molecule has 0 saturated heterocycles. The summed E-state index contributed by atoms with van der Waals surface area (Å²) in [4.78, 5) is 7.13. The zero-order valence-corrected chi connectivity index (χ0v) is 52.6. The lowest BCUT2D eigenvalue weighted by Gasteiger charge is -2.29. The topological polar surface area (TPSA) is 32.7 Å². The van der Waals surface area contributed by atoms with Crippen molar-refractivity contribution in [2.75, 3.05) is 14.7 Å². The summed E-state index contributed by atoms with van der Waals surface area (Å²) in [6.07, 6.45) is 8.69. The second-order valence-electron chi connectivity index (χ2n) is 24.7. The van der Waals surface area contributed by atoms with Crippen LogP contribution in [-0.4, -0.2) is 9.13 Å². The third-order valence-corrected chi connectivity index (χ3v) is 19.1. The van der Waals surface area contributed by atoms with Crippen molar-refractivity contribution < 1.29 is 4.42 Å². The average molecular weight is 1230 g/mol. The van der Waals surface area contributed by atoms with Crippen LogP contribution in [0.1, 0.15) is 12.8 Å². The quantitative estimate of drug-likeness (QED) is 0.109. The Hall–Kier alpha value is -12.6. The van der Waals surface area contributed by atoms with E-state index in [1.54, 1.807) is 0 Å². The fourth-order valence-corrected chi connectivity index (χ4v) is 14.7. The molecule has 96 heavy (non-hydrogen) atoms. The molecular formula is C90H63N5O. The molecule has 17 aromatic rings. The fraction of sp³-hybridized carbons (Fsp3) is 0.0222. The van der Waals surface area contributed by atoms with Crippen LogP contribution in [-0.2, 0) is 0 Å². The van der Waals surface area contributed by atoms with Gasteiger partial charge in [-0.05, 0) is 210 Å². The van der Waals surface area contributed by atoms with Crippen molar-refractivity contribution >= 4 is 122 Å². The standard InChI is InChI=1S/C90H63N5O/c1-7-31-68(32-8-1)91(69-33-9-2-10-34-69)75-49-52-84-80(60-75)81-61-76(50-53-85(81)95(84)73-41-17-6-18-42-73)92(70-35-11-3-12-36-70)86-54-55-87(90-89(86)78-45-20-22-47-88(78)96-90)93(71-37-13-4-14-38-71)74-43-25-30-66(58-74)64-28-23-26-62(56-64)63-27-24-29-65(57-63)67-48-51-83-79(59-67)77-44-19-21-46-82(77)94(83)72-39-15-5-16-40-72/h1-17,19-41,43-61H,18,42H2. The van der Waals surface area contributed by atoms with Gasteiger partial charge in [0.25, 0.3) is 0 Å². The number of hydrogen-bond donors (Lipinski definition) is 0. The first-order valence-corrected chi connectivity index (χ1v) is 33.0. The highest BCUT2D eigenvalue weighted by molar-refractivity contribution is 6.19. The number of fused-ring (bicyclic) bond motifs is 9. The molecule has 3 aromatic heterocycles. The summed E-state index contributed by atoms with van der Waals surface area (Å²) in [7, 11) is 0. The van der Waals surface area contributed by atoms with Gasteiger partial charge in [-0.2, -0.15) is 0 Å². The average Bonchev–Trinajstić information content (AvgIpc) is 1.56. The highest BCUT2D eigenvalue weighted by atomic mass is 16.3. The largest absolute Gasteiger partial charge is 0.454 e. The van der Waals surface area contributed by atoms with E-state index in [4.69, 9.17) is 4.42 Å². The minimum atomic E-state index is 0.786. The van der Waals surface area contributed by atoms with Crippen molar-refractivity contribution in [3.8, 4) is 39.1 Å². The molecule has 6 heteroatoms. The van der Waals surface area contributed by atoms with Gasteiger partial charge in [-0.15, -0.1) is 0 Å². The van der Waals surface area contributed by atoms with E-state index in [9.17, 15) is 0 Å². The number of para-hydroxylation sites is 7. The molecule has 0 spiro atoms. The van der Waals surface area contributed by atoms with Gasteiger partial charge in [0.15, 0.2) is 5.58 Å². The molecule has 0 atom stereocenters. The minimum absolute atomic E-state index is 0.786. The van der Waals surface area contributed by atoms with E-state index in [-0.39, 0.29) is 0 Å². The first-order chi connectivity index (χ1) is 47.6. The maximum atomic E-state index is 7.27. The van der Waals surface area contributed by atoms with Gasteiger partial charge in [-0.25, -0.2) is 0 Å². The molecule has 454 valence electrons. The van der Waals surface area contributed by atoms with Crippen molar-refractivity contribution in [1.29, 1.82) is 0 Å². The van der Waals surface area contributed by atoms with Crippen molar-refractivity contribution in [2.24, 2.45) is 0 Å². The molecule has 18 rings (SSSR count). The molecule has 0 unspecified atom stereocenters. The van der Waals surface area contributed by atoms with Gasteiger partial charge in [0, 0.05) is 78.1 Å². The molecule has 0 fully saturated rings. The van der Waals surface area contributed by atoms with Crippen LogP contribution < -0.4 is 14.7 Å². The lowest BCUT2D eigenvalue weighted by molar-refractivity contribution is 0.669. The van der Waals surface area contributed by atoms with Crippen LogP contribution in [0.2, 0.25) is 0 Å². The number of rotatable bonds is 14.